The summed E-state index contributed by atoms with van der Waals surface area (Å²) in [6.45, 7) is 5.95. The first-order chi connectivity index (χ1) is 13.1. The Morgan fingerprint density at radius 1 is 1.11 bits per heavy atom. The number of nitrogens with one attached hydrogen (secondary N) is 2. The maximum absolute atomic E-state index is 10.8. The minimum absolute atomic E-state index is 0.326. The van der Waals surface area contributed by atoms with Gasteiger partial charge in [0.1, 0.15) is 5.60 Å². The van der Waals surface area contributed by atoms with Crippen molar-refractivity contribution in [3.8, 4) is 0 Å². The fraction of sp³-hybridized carbons (Fsp3) is 0.435. The van der Waals surface area contributed by atoms with Crippen LogP contribution in [0.2, 0.25) is 0 Å². The van der Waals surface area contributed by atoms with E-state index in [4.69, 9.17) is 0 Å². The Morgan fingerprint density at radius 2 is 1.85 bits per heavy atom. The average Bonchev–Trinajstić information content (AvgIpc) is 3.22. The molecule has 0 heterocycles. The quantitative estimate of drug-likeness (QED) is 0.546. The highest BCUT2D eigenvalue weighted by atomic mass is 16.3. The molecule has 27 heavy (non-hydrogen) atoms. The molecular weight excluding hydrogens is 334 g/mol. The Hall–Kier alpha value is -2.33. The van der Waals surface area contributed by atoms with E-state index in [0.29, 0.717) is 18.4 Å². The van der Waals surface area contributed by atoms with Crippen LogP contribution in [0, 0.1) is 11.8 Å². The Labute approximate surface area is 161 Å². The Bertz CT molecular complexity index is 815. The number of rotatable bonds is 6. The summed E-state index contributed by atoms with van der Waals surface area (Å²) in [5, 5.41) is 17.6. The molecule has 1 saturated carbocycles. The summed E-state index contributed by atoms with van der Waals surface area (Å²) in [5.74, 6) is 2.97. The molecule has 0 saturated heterocycles. The molecule has 0 amide bonds. The molecule has 2 aromatic carbocycles. The van der Waals surface area contributed by atoms with Crippen molar-refractivity contribution < 1.29 is 5.11 Å². The van der Waals surface area contributed by atoms with Crippen LogP contribution in [-0.4, -0.2) is 30.7 Å². The predicted molar refractivity (Wildman–Crippen MR) is 110 cm³/mol. The molecule has 2 aromatic rings. The van der Waals surface area contributed by atoms with Crippen molar-refractivity contribution in [2.24, 2.45) is 16.8 Å². The number of fused-ring (bicyclic) bond motifs is 3. The maximum atomic E-state index is 10.8. The van der Waals surface area contributed by atoms with Gasteiger partial charge in [0.2, 0.25) is 0 Å². The standard InChI is InChI=1S/C23H29N3O/c1-3-24-22(26-15-23(2,27)17-10-5-4-6-11-17)25-14-20-19-13-16-9-7-8-12-18(16)21(19)20/h4-12,19-21,27H,3,13-15H2,1-2H3,(H2,24,25,26). The second-order valence-electron chi connectivity index (χ2n) is 7.97. The van der Waals surface area contributed by atoms with Gasteiger partial charge in [-0.2, -0.15) is 0 Å². The molecule has 0 aliphatic heterocycles. The van der Waals surface area contributed by atoms with Crippen molar-refractivity contribution in [1.29, 1.82) is 0 Å². The number of aliphatic imine (C=N–C) groups is 1. The highest BCUT2D eigenvalue weighted by molar-refractivity contribution is 5.79. The molecule has 2 aliphatic carbocycles. The molecule has 4 rings (SSSR count). The van der Waals surface area contributed by atoms with Gasteiger partial charge in [-0.05, 0) is 54.7 Å². The van der Waals surface area contributed by atoms with E-state index in [-0.39, 0.29) is 0 Å². The molecule has 0 aromatic heterocycles. The van der Waals surface area contributed by atoms with Crippen LogP contribution in [0.15, 0.2) is 59.6 Å². The molecule has 4 atom stereocenters. The smallest absolute Gasteiger partial charge is 0.191 e. The van der Waals surface area contributed by atoms with Gasteiger partial charge in [-0.1, -0.05) is 54.6 Å². The van der Waals surface area contributed by atoms with E-state index in [0.717, 1.165) is 30.5 Å². The summed E-state index contributed by atoms with van der Waals surface area (Å²) in [7, 11) is 0. The van der Waals surface area contributed by atoms with Crippen LogP contribution >= 0.6 is 0 Å². The predicted octanol–water partition coefficient (Wildman–Crippen LogP) is 3.04. The highest BCUT2D eigenvalue weighted by Gasteiger charge is 2.54. The van der Waals surface area contributed by atoms with Gasteiger partial charge < -0.3 is 15.7 Å². The van der Waals surface area contributed by atoms with Gasteiger partial charge in [0.25, 0.3) is 0 Å². The van der Waals surface area contributed by atoms with Crippen molar-refractivity contribution in [1.82, 2.24) is 10.6 Å². The zero-order valence-corrected chi connectivity index (χ0v) is 16.2. The summed E-state index contributed by atoms with van der Waals surface area (Å²) >= 11 is 0. The molecule has 0 bridgehead atoms. The van der Waals surface area contributed by atoms with Gasteiger partial charge in [0.05, 0.1) is 6.54 Å². The Balaban J connectivity index is 1.36. The Kier molecular flexibility index (Phi) is 4.92. The summed E-state index contributed by atoms with van der Waals surface area (Å²) in [6.07, 6.45) is 1.21. The second kappa shape index (κ2) is 7.35. The number of hydrogen-bond donors (Lipinski definition) is 3. The molecule has 2 aliphatic rings. The van der Waals surface area contributed by atoms with E-state index in [2.05, 4.69) is 46.8 Å². The molecule has 3 N–H and O–H groups in total. The molecule has 0 spiro atoms. The third-order valence-corrected chi connectivity index (χ3v) is 5.99. The van der Waals surface area contributed by atoms with E-state index >= 15 is 0 Å². The van der Waals surface area contributed by atoms with Crippen molar-refractivity contribution in [3.05, 3.63) is 71.3 Å². The van der Waals surface area contributed by atoms with Gasteiger partial charge in [0.15, 0.2) is 5.96 Å². The van der Waals surface area contributed by atoms with Crippen LogP contribution in [0.5, 0.6) is 0 Å². The normalized spacial score (nSPS) is 25.3. The van der Waals surface area contributed by atoms with E-state index in [9.17, 15) is 5.11 Å². The molecule has 1 fully saturated rings. The van der Waals surface area contributed by atoms with Crippen LogP contribution in [0.3, 0.4) is 0 Å². The van der Waals surface area contributed by atoms with Crippen LogP contribution in [0.1, 0.15) is 36.5 Å². The maximum Gasteiger partial charge on any atom is 0.191 e. The molecule has 4 unspecified atom stereocenters. The fourth-order valence-electron chi connectivity index (χ4n) is 4.44. The lowest BCUT2D eigenvalue weighted by Gasteiger charge is -2.22. The first-order valence-corrected chi connectivity index (χ1v) is 9.98. The summed E-state index contributed by atoms with van der Waals surface area (Å²) in [5.41, 5.74) is 2.99. The SMILES string of the molecule is CCNC(=NCC(C)(O)c1ccccc1)NCC1C2Cc3ccccc3C12. The number of aliphatic hydroxyl groups is 1. The first-order valence-electron chi connectivity index (χ1n) is 9.98. The lowest BCUT2D eigenvalue weighted by molar-refractivity contribution is 0.0672. The third kappa shape index (κ3) is 3.72. The zero-order valence-electron chi connectivity index (χ0n) is 16.2. The van der Waals surface area contributed by atoms with Crippen molar-refractivity contribution >= 4 is 5.96 Å². The van der Waals surface area contributed by atoms with E-state index in [1.165, 1.54) is 12.0 Å². The molecule has 0 radical (unpaired) electrons. The minimum atomic E-state index is -0.974. The van der Waals surface area contributed by atoms with E-state index in [1.54, 1.807) is 5.56 Å². The fourth-order valence-corrected chi connectivity index (χ4v) is 4.44. The first kappa shape index (κ1) is 18.1. The molecule has 4 heteroatoms. The van der Waals surface area contributed by atoms with E-state index < -0.39 is 5.60 Å². The van der Waals surface area contributed by atoms with E-state index in [1.807, 2.05) is 37.3 Å². The van der Waals surface area contributed by atoms with Crippen LogP contribution in [-0.2, 0) is 12.0 Å². The van der Waals surface area contributed by atoms with Crippen LogP contribution in [0.4, 0.5) is 0 Å². The van der Waals surface area contributed by atoms with Gasteiger partial charge in [-0.25, -0.2) is 4.99 Å². The molecular formula is C23H29N3O. The number of guanidine groups is 1. The second-order valence-corrected chi connectivity index (χ2v) is 7.97. The molecule has 142 valence electrons. The highest BCUT2D eigenvalue weighted by Crippen LogP contribution is 2.60. The summed E-state index contributed by atoms with van der Waals surface area (Å²) in [6, 6.07) is 18.6. The van der Waals surface area contributed by atoms with Gasteiger partial charge in [-0.3, -0.25) is 0 Å². The number of benzene rings is 2. The lowest BCUT2D eigenvalue weighted by Crippen LogP contribution is -2.40. The third-order valence-electron chi connectivity index (χ3n) is 5.99. The lowest BCUT2D eigenvalue weighted by atomic mass is 9.96. The zero-order chi connectivity index (χ0) is 18.9. The Morgan fingerprint density at radius 3 is 2.63 bits per heavy atom. The van der Waals surface area contributed by atoms with Crippen molar-refractivity contribution in [2.45, 2.75) is 31.8 Å². The largest absolute Gasteiger partial charge is 0.384 e. The molecule has 4 nitrogen and oxygen atoms in total. The van der Waals surface area contributed by atoms with Gasteiger partial charge >= 0.3 is 0 Å². The number of nitrogens with zero attached hydrogens (tertiary/aromatic N) is 1. The minimum Gasteiger partial charge on any atom is -0.384 e. The van der Waals surface area contributed by atoms with Crippen molar-refractivity contribution in [3.63, 3.8) is 0 Å². The topological polar surface area (TPSA) is 56.7 Å². The van der Waals surface area contributed by atoms with Crippen molar-refractivity contribution in [2.75, 3.05) is 19.6 Å². The average molecular weight is 364 g/mol. The van der Waals surface area contributed by atoms with Crippen LogP contribution < -0.4 is 10.6 Å². The monoisotopic (exact) mass is 363 g/mol. The van der Waals surface area contributed by atoms with Gasteiger partial charge in [-0.15, -0.1) is 0 Å². The van der Waals surface area contributed by atoms with Crippen LogP contribution in [0.25, 0.3) is 0 Å². The van der Waals surface area contributed by atoms with Gasteiger partial charge in [0, 0.05) is 13.1 Å². The summed E-state index contributed by atoms with van der Waals surface area (Å²) in [4.78, 5) is 4.64. The number of hydrogen-bond acceptors (Lipinski definition) is 2. The summed E-state index contributed by atoms with van der Waals surface area (Å²) < 4.78 is 0.